The van der Waals surface area contributed by atoms with E-state index in [1.54, 1.807) is 0 Å². The summed E-state index contributed by atoms with van der Waals surface area (Å²) in [4.78, 5) is 0. The second-order valence-electron chi connectivity index (χ2n) is 6.98. The van der Waals surface area contributed by atoms with E-state index >= 15 is 0 Å². The summed E-state index contributed by atoms with van der Waals surface area (Å²) in [7, 11) is 0. The van der Waals surface area contributed by atoms with Gasteiger partial charge in [0.1, 0.15) is 12.4 Å². The highest BCUT2D eigenvalue weighted by Crippen LogP contribution is 2.24. The lowest BCUT2D eigenvalue weighted by molar-refractivity contribution is 0.301. The van der Waals surface area contributed by atoms with Crippen LogP contribution in [0.3, 0.4) is 0 Å². The fraction of sp³-hybridized carbons (Fsp3) is 0.250. The van der Waals surface area contributed by atoms with Crippen molar-refractivity contribution in [3.05, 3.63) is 99.5 Å². The van der Waals surface area contributed by atoms with Crippen LogP contribution in [0.4, 0.5) is 0 Å². The number of hydrogen-bond donors (Lipinski definition) is 1. The van der Waals surface area contributed by atoms with E-state index in [0.29, 0.717) is 29.2 Å². The Kier molecular flexibility index (Phi) is 7.79. The Balaban J connectivity index is 1.56. The summed E-state index contributed by atoms with van der Waals surface area (Å²) in [6, 6.07) is 24.4. The summed E-state index contributed by atoms with van der Waals surface area (Å²) in [5, 5.41) is 5.01. The zero-order valence-electron chi connectivity index (χ0n) is 16.0. The minimum Gasteiger partial charge on any atom is -0.489 e. The molecule has 3 aromatic rings. The van der Waals surface area contributed by atoms with Crippen molar-refractivity contribution in [2.75, 3.05) is 0 Å². The Hall–Kier alpha value is -2.00. The van der Waals surface area contributed by atoms with Gasteiger partial charge in [-0.1, -0.05) is 65.7 Å². The first kappa shape index (κ1) is 20.7. The Labute approximate surface area is 177 Å². The van der Waals surface area contributed by atoms with Crippen molar-refractivity contribution in [2.45, 2.75) is 39.0 Å². The van der Waals surface area contributed by atoms with E-state index in [2.05, 4.69) is 42.6 Å². The van der Waals surface area contributed by atoms with Crippen molar-refractivity contribution in [2.24, 2.45) is 0 Å². The first-order valence-corrected chi connectivity index (χ1v) is 10.3. The molecule has 0 saturated heterocycles. The van der Waals surface area contributed by atoms with Gasteiger partial charge in [0.2, 0.25) is 0 Å². The van der Waals surface area contributed by atoms with Gasteiger partial charge in [0, 0.05) is 28.2 Å². The second-order valence-corrected chi connectivity index (χ2v) is 7.85. The van der Waals surface area contributed by atoms with Gasteiger partial charge in [-0.3, -0.25) is 0 Å². The van der Waals surface area contributed by atoms with E-state index in [-0.39, 0.29) is 0 Å². The highest BCUT2D eigenvalue weighted by molar-refractivity contribution is 6.30. The number of hydrogen-bond acceptors (Lipinski definition) is 2. The molecule has 146 valence electrons. The second kappa shape index (κ2) is 10.5. The van der Waals surface area contributed by atoms with Crippen LogP contribution in [0.2, 0.25) is 10.0 Å². The average molecular weight is 414 g/mol. The summed E-state index contributed by atoms with van der Waals surface area (Å²) in [6.07, 6.45) is 2.13. The van der Waals surface area contributed by atoms with E-state index in [0.717, 1.165) is 29.7 Å². The maximum atomic E-state index is 6.21. The van der Waals surface area contributed by atoms with Crippen LogP contribution in [-0.4, -0.2) is 6.04 Å². The number of benzene rings is 3. The summed E-state index contributed by atoms with van der Waals surface area (Å²) in [6.45, 7) is 3.39. The molecule has 0 saturated carbocycles. The van der Waals surface area contributed by atoms with Crippen LogP contribution < -0.4 is 10.1 Å². The third-order valence-corrected chi connectivity index (χ3v) is 5.13. The fourth-order valence-electron chi connectivity index (χ4n) is 3.03. The summed E-state index contributed by atoms with van der Waals surface area (Å²) in [5.41, 5.74) is 3.46. The third kappa shape index (κ3) is 6.56. The topological polar surface area (TPSA) is 21.3 Å². The van der Waals surface area contributed by atoms with E-state index in [1.807, 2.05) is 42.5 Å². The van der Waals surface area contributed by atoms with Gasteiger partial charge in [-0.2, -0.15) is 0 Å². The summed E-state index contributed by atoms with van der Waals surface area (Å²) < 4.78 is 6.04. The van der Waals surface area contributed by atoms with E-state index in [1.165, 1.54) is 5.56 Å². The number of aryl methyl sites for hydroxylation is 1. The van der Waals surface area contributed by atoms with Crippen LogP contribution in [0.1, 0.15) is 30.0 Å². The van der Waals surface area contributed by atoms with Crippen molar-refractivity contribution < 1.29 is 4.74 Å². The predicted octanol–water partition coefficient (Wildman–Crippen LogP) is 6.68. The Morgan fingerprint density at radius 2 is 1.61 bits per heavy atom. The smallest absolute Gasteiger partial charge is 0.124 e. The minimum atomic E-state index is 0.389. The molecular formula is C24H25Cl2NO. The fourth-order valence-corrected chi connectivity index (χ4v) is 3.44. The van der Waals surface area contributed by atoms with Gasteiger partial charge in [0.05, 0.1) is 0 Å². The molecule has 3 rings (SSSR count). The van der Waals surface area contributed by atoms with Crippen LogP contribution in [0.25, 0.3) is 0 Å². The highest BCUT2D eigenvalue weighted by atomic mass is 35.5. The monoisotopic (exact) mass is 413 g/mol. The van der Waals surface area contributed by atoms with E-state index in [4.69, 9.17) is 27.9 Å². The maximum absolute atomic E-state index is 6.21. The molecule has 0 unspecified atom stereocenters. The molecule has 0 heterocycles. The lowest BCUT2D eigenvalue weighted by Gasteiger charge is -2.17. The quantitative estimate of drug-likeness (QED) is 0.422. The molecule has 1 N–H and O–H groups in total. The molecule has 4 heteroatoms. The number of ether oxygens (including phenoxy) is 1. The Bertz CT molecular complexity index is 883. The SMILES string of the molecule is C[C@H](CCc1ccccc1)NCc1cc(Cl)ccc1OCc1cccc(Cl)c1. The van der Waals surface area contributed by atoms with Crippen molar-refractivity contribution >= 4 is 23.2 Å². The van der Waals surface area contributed by atoms with Crippen LogP contribution in [0.5, 0.6) is 5.75 Å². The van der Waals surface area contributed by atoms with Gasteiger partial charge in [-0.15, -0.1) is 0 Å². The molecule has 1 atom stereocenters. The van der Waals surface area contributed by atoms with Crippen molar-refractivity contribution in [1.82, 2.24) is 5.32 Å². The molecule has 3 aromatic carbocycles. The molecule has 0 aromatic heterocycles. The first-order valence-electron chi connectivity index (χ1n) is 9.53. The molecule has 0 aliphatic rings. The number of rotatable bonds is 9. The predicted molar refractivity (Wildman–Crippen MR) is 118 cm³/mol. The molecule has 0 aliphatic heterocycles. The maximum Gasteiger partial charge on any atom is 0.124 e. The highest BCUT2D eigenvalue weighted by Gasteiger charge is 2.08. The normalized spacial score (nSPS) is 12.0. The molecular weight excluding hydrogens is 389 g/mol. The zero-order valence-corrected chi connectivity index (χ0v) is 17.5. The van der Waals surface area contributed by atoms with Crippen molar-refractivity contribution in [3.63, 3.8) is 0 Å². The molecule has 0 amide bonds. The number of nitrogens with one attached hydrogen (secondary N) is 1. The molecule has 0 bridgehead atoms. The van der Waals surface area contributed by atoms with Crippen LogP contribution in [0, 0.1) is 0 Å². The molecule has 2 nitrogen and oxygen atoms in total. The number of halogens is 2. The van der Waals surface area contributed by atoms with Crippen molar-refractivity contribution in [3.8, 4) is 5.75 Å². The van der Waals surface area contributed by atoms with Gasteiger partial charge in [-0.25, -0.2) is 0 Å². The summed E-state index contributed by atoms with van der Waals surface area (Å²) >= 11 is 12.3. The van der Waals surface area contributed by atoms with E-state index < -0.39 is 0 Å². The lowest BCUT2D eigenvalue weighted by Crippen LogP contribution is -2.26. The zero-order chi connectivity index (χ0) is 19.8. The van der Waals surface area contributed by atoms with Gasteiger partial charge in [0.25, 0.3) is 0 Å². The first-order chi connectivity index (χ1) is 13.6. The van der Waals surface area contributed by atoms with Crippen molar-refractivity contribution in [1.29, 1.82) is 0 Å². The largest absolute Gasteiger partial charge is 0.489 e. The molecule has 0 fully saturated rings. The average Bonchev–Trinajstić information content (AvgIpc) is 2.71. The minimum absolute atomic E-state index is 0.389. The van der Waals surface area contributed by atoms with Crippen LogP contribution in [-0.2, 0) is 19.6 Å². The Morgan fingerprint density at radius 3 is 2.39 bits per heavy atom. The lowest BCUT2D eigenvalue weighted by atomic mass is 10.1. The van der Waals surface area contributed by atoms with Crippen LogP contribution in [0.15, 0.2) is 72.8 Å². The molecule has 0 radical (unpaired) electrons. The Morgan fingerprint density at radius 1 is 0.857 bits per heavy atom. The van der Waals surface area contributed by atoms with Gasteiger partial charge in [-0.05, 0) is 61.2 Å². The van der Waals surface area contributed by atoms with Gasteiger partial charge in [0.15, 0.2) is 0 Å². The van der Waals surface area contributed by atoms with Crippen LogP contribution >= 0.6 is 23.2 Å². The third-order valence-electron chi connectivity index (χ3n) is 4.66. The van der Waals surface area contributed by atoms with Gasteiger partial charge >= 0.3 is 0 Å². The molecule has 0 aliphatic carbocycles. The summed E-state index contributed by atoms with van der Waals surface area (Å²) in [5.74, 6) is 0.840. The van der Waals surface area contributed by atoms with E-state index in [9.17, 15) is 0 Å². The van der Waals surface area contributed by atoms with Gasteiger partial charge < -0.3 is 10.1 Å². The standard InChI is InChI=1S/C24H25Cl2NO/c1-18(10-11-19-6-3-2-4-7-19)27-16-21-15-23(26)12-13-24(21)28-17-20-8-5-9-22(25)14-20/h2-9,12-15,18,27H,10-11,16-17H2,1H3/t18-/m1/s1. The molecule has 0 spiro atoms. The molecule has 28 heavy (non-hydrogen) atoms.